The van der Waals surface area contributed by atoms with Crippen molar-refractivity contribution in [1.29, 1.82) is 0 Å². The van der Waals surface area contributed by atoms with E-state index in [-0.39, 0.29) is 5.75 Å². The van der Waals surface area contributed by atoms with Crippen molar-refractivity contribution in [2.75, 3.05) is 0 Å². The maximum Gasteiger partial charge on any atom is 0.121 e. The van der Waals surface area contributed by atoms with Gasteiger partial charge in [-0.05, 0) is 25.0 Å². The number of nitrogens with one attached hydrogen (secondary N) is 1. The molecule has 90 valence electrons. The normalized spacial score (nSPS) is 12.7. The molecule has 0 bridgehead atoms. The number of phenols is 1. The molecule has 3 heteroatoms. The molecule has 0 spiro atoms. The van der Waals surface area contributed by atoms with Crippen molar-refractivity contribution in [3.8, 4) is 5.75 Å². The Balaban J connectivity index is 2.59. The third-order valence-electron chi connectivity index (χ3n) is 2.79. The molecule has 1 aromatic carbocycles. The summed E-state index contributed by atoms with van der Waals surface area (Å²) in [7, 11) is 0. The van der Waals surface area contributed by atoms with Crippen LogP contribution in [0.1, 0.15) is 38.7 Å². The van der Waals surface area contributed by atoms with Gasteiger partial charge in [-0.25, -0.2) is 0 Å². The minimum Gasteiger partial charge on any atom is -0.508 e. The largest absolute Gasteiger partial charge is 0.508 e. The number of phenolic OH excluding ortho intramolecular Hbond substituents is 1. The summed E-state index contributed by atoms with van der Waals surface area (Å²) in [6.45, 7) is 4.97. The standard InChI is InChI=1S/C13H20ClNO/c1-3-6-10(4-2)15-9-11-12(14)7-5-8-13(11)16/h5,7-8,10,15-16H,3-4,6,9H2,1-2H3. The third kappa shape index (κ3) is 3.69. The molecule has 0 aliphatic heterocycles. The average molecular weight is 242 g/mol. The molecular formula is C13H20ClNO. The van der Waals surface area contributed by atoms with Gasteiger partial charge in [-0.1, -0.05) is 37.9 Å². The summed E-state index contributed by atoms with van der Waals surface area (Å²) >= 11 is 6.03. The molecule has 0 heterocycles. The van der Waals surface area contributed by atoms with E-state index in [0.717, 1.165) is 18.4 Å². The number of benzene rings is 1. The van der Waals surface area contributed by atoms with E-state index in [9.17, 15) is 5.11 Å². The lowest BCUT2D eigenvalue weighted by Gasteiger charge is -2.17. The molecule has 1 aromatic rings. The van der Waals surface area contributed by atoms with E-state index in [4.69, 9.17) is 11.6 Å². The van der Waals surface area contributed by atoms with E-state index >= 15 is 0 Å². The first-order chi connectivity index (χ1) is 7.69. The Labute approximate surface area is 103 Å². The summed E-state index contributed by atoms with van der Waals surface area (Å²) in [6, 6.07) is 5.73. The van der Waals surface area contributed by atoms with Crippen LogP contribution < -0.4 is 5.32 Å². The van der Waals surface area contributed by atoms with E-state index in [1.807, 2.05) is 0 Å². The van der Waals surface area contributed by atoms with E-state index in [2.05, 4.69) is 19.2 Å². The van der Waals surface area contributed by atoms with Crippen molar-refractivity contribution in [3.05, 3.63) is 28.8 Å². The van der Waals surface area contributed by atoms with Crippen LogP contribution in [0.2, 0.25) is 5.02 Å². The fraction of sp³-hybridized carbons (Fsp3) is 0.538. The molecule has 0 saturated carbocycles. The molecule has 0 saturated heterocycles. The molecule has 2 N–H and O–H groups in total. The van der Waals surface area contributed by atoms with Gasteiger partial charge in [0.1, 0.15) is 5.75 Å². The second-order valence-corrected chi connectivity index (χ2v) is 4.42. The predicted molar refractivity (Wildman–Crippen MR) is 68.9 cm³/mol. The van der Waals surface area contributed by atoms with Crippen LogP contribution in [0.4, 0.5) is 0 Å². The predicted octanol–water partition coefficient (Wildman–Crippen LogP) is 3.71. The highest BCUT2D eigenvalue weighted by molar-refractivity contribution is 6.31. The van der Waals surface area contributed by atoms with Gasteiger partial charge >= 0.3 is 0 Å². The molecule has 1 unspecified atom stereocenters. The zero-order valence-electron chi connectivity index (χ0n) is 9.96. The minimum absolute atomic E-state index is 0.270. The highest BCUT2D eigenvalue weighted by atomic mass is 35.5. The molecule has 0 radical (unpaired) electrons. The molecular weight excluding hydrogens is 222 g/mol. The van der Waals surface area contributed by atoms with Crippen LogP contribution >= 0.6 is 11.6 Å². The molecule has 2 nitrogen and oxygen atoms in total. The van der Waals surface area contributed by atoms with Crippen molar-refractivity contribution in [1.82, 2.24) is 5.32 Å². The molecule has 16 heavy (non-hydrogen) atoms. The van der Waals surface area contributed by atoms with E-state index < -0.39 is 0 Å². The average Bonchev–Trinajstić information content (AvgIpc) is 2.27. The van der Waals surface area contributed by atoms with Crippen molar-refractivity contribution in [2.45, 2.75) is 45.7 Å². The van der Waals surface area contributed by atoms with Gasteiger partial charge in [0, 0.05) is 23.2 Å². The van der Waals surface area contributed by atoms with Crippen LogP contribution in [0.15, 0.2) is 18.2 Å². The lowest BCUT2D eigenvalue weighted by atomic mass is 10.1. The Bertz CT molecular complexity index is 307. The summed E-state index contributed by atoms with van der Waals surface area (Å²) in [4.78, 5) is 0. The summed E-state index contributed by atoms with van der Waals surface area (Å²) < 4.78 is 0. The molecule has 0 amide bonds. The molecule has 0 aliphatic carbocycles. The first kappa shape index (κ1) is 13.3. The lowest BCUT2D eigenvalue weighted by molar-refractivity contribution is 0.439. The Morgan fingerprint density at radius 2 is 2.12 bits per heavy atom. The second kappa shape index (κ2) is 6.77. The number of hydrogen-bond donors (Lipinski definition) is 2. The number of rotatable bonds is 6. The number of halogens is 1. The SMILES string of the molecule is CCCC(CC)NCc1c(O)cccc1Cl. The van der Waals surface area contributed by atoms with Gasteiger partial charge in [-0.3, -0.25) is 0 Å². The zero-order valence-corrected chi connectivity index (χ0v) is 10.7. The topological polar surface area (TPSA) is 32.3 Å². The van der Waals surface area contributed by atoms with Crippen LogP contribution in [-0.2, 0) is 6.54 Å². The van der Waals surface area contributed by atoms with Gasteiger partial charge in [0.25, 0.3) is 0 Å². The first-order valence-electron chi connectivity index (χ1n) is 5.88. The summed E-state index contributed by atoms with van der Waals surface area (Å²) in [5.41, 5.74) is 0.790. The van der Waals surface area contributed by atoms with Crippen molar-refractivity contribution < 1.29 is 5.11 Å². The Morgan fingerprint density at radius 1 is 1.38 bits per heavy atom. The van der Waals surface area contributed by atoms with Crippen LogP contribution in [0.5, 0.6) is 5.75 Å². The zero-order chi connectivity index (χ0) is 12.0. The molecule has 0 fully saturated rings. The Morgan fingerprint density at radius 3 is 2.69 bits per heavy atom. The van der Waals surface area contributed by atoms with Gasteiger partial charge in [0.15, 0.2) is 0 Å². The van der Waals surface area contributed by atoms with Gasteiger partial charge < -0.3 is 10.4 Å². The second-order valence-electron chi connectivity index (χ2n) is 4.01. The molecule has 1 atom stereocenters. The Kier molecular flexibility index (Phi) is 5.64. The van der Waals surface area contributed by atoms with Crippen LogP contribution in [0.3, 0.4) is 0 Å². The Hall–Kier alpha value is -0.730. The van der Waals surface area contributed by atoms with Crippen LogP contribution in [-0.4, -0.2) is 11.1 Å². The highest BCUT2D eigenvalue weighted by Crippen LogP contribution is 2.25. The third-order valence-corrected chi connectivity index (χ3v) is 3.15. The fourth-order valence-corrected chi connectivity index (χ4v) is 2.00. The summed E-state index contributed by atoms with van der Waals surface area (Å²) in [5.74, 6) is 0.270. The molecule has 1 rings (SSSR count). The van der Waals surface area contributed by atoms with E-state index in [0.29, 0.717) is 17.6 Å². The monoisotopic (exact) mass is 241 g/mol. The quantitative estimate of drug-likeness (QED) is 0.796. The highest BCUT2D eigenvalue weighted by Gasteiger charge is 2.09. The van der Waals surface area contributed by atoms with Gasteiger partial charge in [-0.2, -0.15) is 0 Å². The van der Waals surface area contributed by atoms with E-state index in [1.54, 1.807) is 18.2 Å². The smallest absolute Gasteiger partial charge is 0.121 e. The minimum atomic E-state index is 0.270. The lowest BCUT2D eigenvalue weighted by Crippen LogP contribution is -2.27. The maximum absolute atomic E-state index is 9.68. The number of hydrogen-bond acceptors (Lipinski definition) is 2. The summed E-state index contributed by atoms with van der Waals surface area (Å²) in [6.07, 6.45) is 3.42. The van der Waals surface area contributed by atoms with Crippen LogP contribution in [0.25, 0.3) is 0 Å². The van der Waals surface area contributed by atoms with Crippen molar-refractivity contribution in [2.24, 2.45) is 0 Å². The van der Waals surface area contributed by atoms with Crippen LogP contribution in [0, 0.1) is 0 Å². The van der Waals surface area contributed by atoms with Gasteiger partial charge in [-0.15, -0.1) is 0 Å². The number of aromatic hydroxyl groups is 1. The fourth-order valence-electron chi connectivity index (χ4n) is 1.77. The van der Waals surface area contributed by atoms with Crippen molar-refractivity contribution >= 4 is 11.6 Å². The first-order valence-corrected chi connectivity index (χ1v) is 6.26. The summed E-state index contributed by atoms with van der Waals surface area (Å²) in [5, 5.41) is 13.7. The van der Waals surface area contributed by atoms with Gasteiger partial charge in [0.05, 0.1) is 0 Å². The molecule has 0 aliphatic rings. The molecule has 0 aromatic heterocycles. The van der Waals surface area contributed by atoms with Crippen molar-refractivity contribution in [3.63, 3.8) is 0 Å². The maximum atomic E-state index is 9.68. The van der Waals surface area contributed by atoms with E-state index in [1.165, 1.54) is 6.42 Å². The van der Waals surface area contributed by atoms with Gasteiger partial charge in [0.2, 0.25) is 0 Å².